The number of hydrogen-bond donors (Lipinski definition) is 0. The Bertz CT molecular complexity index is 160. The summed E-state index contributed by atoms with van der Waals surface area (Å²) in [6.07, 6.45) is -1.73. The van der Waals surface area contributed by atoms with Crippen LogP contribution in [0.1, 0.15) is 36.3 Å². The van der Waals surface area contributed by atoms with Crippen LogP contribution < -0.4 is 0 Å². The van der Waals surface area contributed by atoms with Crippen LogP contribution in [0.2, 0.25) is 0 Å². The van der Waals surface area contributed by atoms with E-state index in [0.717, 1.165) is 0 Å². The van der Waals surface area contributed by atoms with Crippen LogP contribution in [0.15, 0.2) is 0 Å². The van der Waals surface area contributed by atoms with Gasteiger partial charge >= 0.3 is 0 Å². The van der Waals surface area contributed by atoms with E-state index in [4.69, 9.17) is 14.3 Å². The number of carbonyl (C=O) groups is 1. The van der Waals surface area contributed by atoms with Crippen LogP contribution in [0.3, 0.4) is 0 Å². The molecule has 0 rings (SSSR count). The van der Waals surface area contributed by atoms with Crippen molar-refractivity contribution >= 4 is 16.8 Å². The standard InChI is InChI=1S/C7H13ClO/c1-7(2,3)5-4-6(8)9/h4-5H2,1-3H3/i4D2. The molecule has 0 heterocycles. The van der Waals surface area contributed by atoms with Crippen LogP contribution in [-0.4, -0.2) is 5.24 Å². The third-order valence-corrected chi connectivity index (χ3v) is 0.891. The highest BCUT2D eigenvalue weighted by molar-refractivity contribution is 6.63. The summed E-state index contributed by atoms with van der Waals surface area (Å²) in [7, 11) is 0. The van der Waals surface area contributed by atoms with Crippen molar-refractivity contribution in [1.29, 1.82) is 0 Å². The first kappa shape index (κ1) is 5.72. The smallest absolute Gasteiger partial charge is 0.221 e. The monoisotopic (exact) mass is 150 g/mol. The average molecular weight is 151 g/mol. The fourth-order valence-electron chi connectivity index (χ4n) is 0.335. The lowest BCUT2D eigenvalue weighted by molar-refractivity contribution is -0.112. The second kappa shape index (κ2) is 3.21. The van der Waals surface area contributed by atoms with Crippen LogP contribution >= 0.6 is 11.6 Å². The van der Waals surface area contributed by atoms with Gasteiger partial charge < -0.3 is 0 Å². The van der Waals surface area contributed by atoms with Gasteiger partial charge in [-0.15, -0.1) is 0 Å². The molecule has 0 saturated carbocycles. The fourth-order valence-corrected chi connectivity index (χ4v) is 0.401. The molecule has 0 fully saturated rings. The third-order valence-electron chi connectivity index (χ3n) is 0.758. The van der Waals surface area contributed by atoms with E-state index >= 15 is 0 Å². The molecule has 0 aliphatic heterocycles. The van der Waals surface area contributed by atoms with Gasteiger partial charge in [-0.2, -0.15) is 0 Å². The molecule has 0 aromatic carbocycles. The van der Waals surface area contributed by atoms with Crippen LogP contribution in [-0.2, 0) is 4.79 Å². The minimum atomic E-state index is -1.89. The van der Waals surface area contributed by atoms with Crippen molar-refractivity contribution in [3.8, 4) is 0 Å². The lowest BCUT2D eigenvalue weighted by Crippen LogP contribution is -2.05. The number of carbonyl (C=O) groups excluding carboxylic acids is 1. The molecule has 0 atom stereocenters. The first-order chi connectivity index (χ1) is 4.65. The normalized spacial score (nSPS) is 16.4. The highest BCUT2D eigenvalue weighted by atomic mass is 35.5. The Balaban J connectivity index is 4.25. The molecule has 0 bridgehead atoms. The zero-order valence-corrected chi connectivity index (χ0v) is 6.75. The third kappa shape index (κ3) is 7.96. The second-order valence-corrected chi connectivity index (χ2v) is 3.53. The van der Waals surface area contributed by atoms with E-state index < -0.39 is 11.6 Å². The van der Waals surface area contributed by atoms with E-state index in [-0.39, 0.29) is 11.8 Å². The number of halogens is 1. The molecule has 0 saturated heterocycles. The Morgan fingerprint density at radius 3 is 2.22 bits per heavy atom. The summed E-state index contributed by atoms with van der Waals surface area (Å²) < 4.78 is 14.4. The summed E-state index contributed by atoms with van der Waals surface area (Å²) in [5.41, 5.74) is -0.214. The molecule has 9 heavy (non-hydrogen) atoms. The summed E-state index contributed by atoms with van der Waals surface area (Å²) >= 11 is 5.06. The van der Waals surface area contributed by atoms with E-state index in [1.54, 1.807) is 0 Å². The van der Waals surface area contributed by atoms with E-state index in [1.165, 1.54) is 0 Å². The van der Waals surface area contributed by atoms with Gasteiger partial charge in [-0.3, -0.25) is 4.79 Å². The average Bonchev–Trinajstić information content (AvgIpc) is 1.56. The van der Waals surface area contributed by atoms with Crippen molar-refractivity contribution in [2.45, 2.75) is 33.6 Å². The molecule has 0 aromatic rings. The molecule has 1 nitrogen and oxygen atoms in total. The molecule has 0 radical (unpaired) electrons. The topological polar surface area (TPSA) is 17.1 Å². The zero-order chi connectivity index (χ0) is 9.28. The van der Waals surface area contributed by atoms with Gasteiger partial charge in [0.25, 0.3) is 0 Å². The largest absolute Gasteiger partial charge is 0.281 e. The summed E-state index contributed by atoms with van der Waals surface area (Å²) in [4.78, 5) is 10.5. The summed E-state index contributed by atoms with van der Waals surface area (Å²) in [5, 5.41) is -0.910. The Labute approximate surface area is 64.2 Å². The maximum Gasteiger partial charge on any atom is 0.221 e. The van der Waals surface area contributed by atoms with Gasteiger partial charge in [0.1, 0.15) is 0 Å². The quantitative estimate of drug-likeness (QED) is 0.553. The summed E-state index contributed by atoms with van der Waals surface area (Å²) in [6, 6.07) is 0. The minimum Gasteiger partial charge on any atom is -0.281 e. The first-order valence-corrected chi connectivity index (χ1v) is 3.23. The lowest BCUT2D eigenvalue weighted by Gasteiger charge is -2.15. The molecule has 0 aliphatic carbocycles. The predicted octanol–water partition coefficient (Wildman–Crippen LogP) is 2.58. The van der Waals surface area contributed by atoms with E-state index in [9.17, 15) is 4.79 Å². The Kier molecular flexibility index (Phi) is 2.04. The highest BCUT2D eigenvalue weighted by Crippen LogP contribution is 2.20. The van der Waals surface area contributed by atoms with Crippen molar-refractivity contribution in [3.63, 3.8) is 0 Å². The molecule has 0 amide bonds. The SMILES string of the molecule is [2H]C([2H])(CC(C)(C)C)C(=O)Cl. The van der Waals surface area contributed by atoms with Crippen molar-refractivity contribution < 1.29 is 7.54 Å². The second-order valence-electron chi connectivity index (χ2n) is 3.19. The maximum atomic E-state index is 10.5. The predicted molar refractivity (Wildman–Crippen MR) is 39.5 cm³/mol. The fraction of sp³-hybridized carbons (Fsp3) is 0.857. The maximum absolute atomic E-state index is 10.5. The van der Waals surface area contributed by atoms with Crippen molar-refractivity contribution in [3.05, 3.63) is 0 Å². The number of hydrogen-bond acceptors (Lipinski definition) is 1. The van der Waals surface area contributed by atoms with Gasteiger partial charge in [0.2, 0.25) is 5.24 Å². The zero-order valence-electron chi connectivity index (χ0n) is 7.99. The van der Waals surface area contributed by atoms with Gasteiger partial charge in [-0.05, 0) is 23.4 Å². The molecule has 0 N–H and O–H groups in total. The molecule has 0 spiro atoms. The Morgan fingerprint density at radius 1 is 1.67 bits per heavy atom. The van der Waals surface area contributed by atoms with Gasteiger partial charge in [-0.25, -0.2) is 0 Å². The van der Waals surface area contributed by atoms with Crippen LogP contribution in [0, 0.1) is 5.41 Å². The van der Waals surface area contributed by atoms with Crippen LogP contribution in [0.25, 0.3) is 0 Å². The first-order valence-electron chi connectivity index (χ1n) is 3.85. The van der Waals surface area contributed by atoms with Gasteiger partial charge in [-0.1, -0.05) is 20.8 Å². The molecule has 2 heteroatoms. The van der Waals surface area contributed by atoms with Gasteiger partial charge in [0.15, 0.2) is 0 Å². The summed E-state index contributed by atoms with van der Waals surface area (Å²) in [6.45, 7) is 5.60. The number of rotatable bonds is 2. The molecule has 0 unspecified atom stereocenters. The van der Waals surface area contributed by atoms with Crippen molar-refractivity contribution in [2.24, 2.45) is 5.41 Å². The van der Waals surface area contributed by atoms with Crippen molar-refractivity contribution in [2.75, 3.05) is 0 Å². The van der Waals surface area contributed by atoms with Gasteiger partial charge in [0, 0.05) is 9.11 Å². The lowest BCUT2D eigenvalue weighted by atomic mass is 9.91. The van der Waals surface area contributed by atoms with E-state index in [1.807, 2.05) is 20.8 Å². The molecule has 0 aliphatic rings. The molecule has 0 aromatic heterocycles. The Morgan fingerprint density at radius 2 is 2.11 bits per heavy atom. The van der Waals surface area contributed by atoms with E-state index in [0.29, 0.717) is 0 Å². The van der Waals surface area contributed by atoms with Crippen LogP contribution in [0.4, 0.5) is 0 Å². The molecular weight excluding hydrogens is 136 g/mol. The van der Waals surface area contributed by atoms with Gasteiger partial charge in [0.05, 0.1) is 0 Å². The van der Waals surface area contributed by atoms with Crippen molar-refractivity contribution in [1.82, 2.24) is 0 Å². The van der Waals surface area contributed by atoms with E-state index in [2.05, 4.69) is 0 Å². The molecule has 54 valence electrons. The molecular formula is C7H13ClO. The summed E-state index contributed by atoms with van der Waals surface area (Å²) in [5.74, 6) is 0. The van der Waals surface area contributed by atoms with Crippen LogP contribution in [0.5, 0.6) is 0 Å². The highest BCUT2D eigenvalue weighted by Gasteiger charge is 2.10. The minimum absolute atomic E-state index is 0.155. The Hall–Kier alpha value is -0.0400.